The van der Waals surface area contributed by atoms with Crippen molar-refractivity contribution in [2.45, 2.75) is 65.3 Å². The molecular weight excluding hydrogens is 262 g/mol. The summed E-state index contributed by atoms with van der Waals surface area (Å²) in [6, 6.07) is 0.508. The van der Waals surface area contributed by atoms with E-state index in [0.29, 0.717) is 12.5 Å². The topological polar surface area (TPSA) is 46.9 Å². The molecule has 21 heavy (non-hydrogen) atoms. The highest BCUT2D eigenvalue weighted by Gasteiger charge is 2.25. The number of nitrogens with zero attached hydrogens (tertiary/aromatic N) is 2. The fraction of sp³-hybridized carbons (Fsp3) is 0.647. The third-order valence-electron chi connectivity index (χ3n) is 4.20. The van der Waals surface area contributed by atoms with Crippen LogP contribution in [0.2, 0.25) is 0 Å². The van der Waals surface area contributed by atoms with Gasteiger partial charge in [-0.1, -0.05) is 32.9 Å². The van der Waals surface area contributed by atoms with Crippen LogP contribution in [-0.2, 0) is 4.79 Å². The molecule has 0 spiro atoms. The molecule has 0 unspecified atom stereocenters. The van der Waals surface area contributed by atoms with Gasteiger partial charge in [0, 0.05) is 12.5 Å². The molecule has 2 aliphatic carbocycles. The summed E-state index contributed by atoms with van der Waals surface area (Å²) >= 11 is 0. The Balaban J connectivity index is 1.92. The third kappa shape index (κ3) is 3.04. The highest BCUT2D eigenvalue weighted by Crippen LogP contribution is 2.32. The van der Waals surface area contributed by atoms with Gasteiger partial charge >= 0.3 is 0 Å². The maximum atomic E-state index is 12.2. The Hall–Kier alpha value is -1.58. The van der Waals surface area contributed by atoms with Gasteiger partial charge in [-0.2, -0.15) is 0 Å². The molecule has 0 atom stereocenters. The molecule has 1 heterocycles. The summed E-state index contributed by atoms with van der Waals surface area (Å²) < 4.78 is 2.26. The minimum Gasteiger partial charge on any atom is -0.307 e. The highest BCUT2D eigenvalue weighted by molar-refractivity contribution is 5.89. The molecule has 1 aromatic rings. The summed E-state index contributed by atoms with van der Waals surface area (Å²) in [5, 5.41) is 5.29. The molecule has 1 N–H and O–H groups in total. The number of fused-ring (bicyclic) bond motifs is 1. The zero-order chi connectivity index (χ0) is 15.0. The predicted octanol–water partition coefficient (Wildman–Crippen LogP) is 2.34. The van der Waals surface area contributed by atoms with Crippen molar-refractivity contribution in [1.29, 1.82) is 0 Å². The Kier molecular flexibility index (Phi) is 3.64. The van der Waals surface area contributed by atoms with Crippen LogP contribution in [0.5, 0.6) is 0 Å². The monoisotopic (exact) mass is 287 g/mol. The summed E-state index contributed by atoms with van der Waals surface area (Å²) in [5.41, 5.74) is -0.00412. The minimum atomic E-state index is -0.00412. The Labute approximate surface area is 125 Å². The first-order chi connectivity index (χ1) is 9.94. The zero-order valence-corrected chi connectivity index (χ0v) is 13.3. The number of rotatable bonds is 3. The quantitative estimate of drug-likeness (QED) is 0.927. The van der Waals surface area contributed by atoms with Crippen molar-refractivity contribution in [1.82, 2.24) is 9.55 Å². The first-order valence-corrected chi connectivity index (χ1v) is 8.02. The number of hydrogen-bond donors (Lipinski definition) is 1. The summed E-state index contributed by atoms with van der Waals surface area (Å²) in [6.45, 7) is 6.24. The van der Waals surface area contributed by atoms with Gasteiger partial charge in [-0.25, -0.2) is 4.98 Å². The first-order valence-electron chi connectivity index (χ1n) is 8.02. The molecule has 4 nitrogen and oxygen atoms in total. The lowest BCUT2D eigenvalue weighted by Crippen LogP contribution is -2.36. The van der Waals surface area contributed by atoms with E-state index in [1.54, 1.807) is 0 Å². The van der Waals surface area contributed by atoms with E-state index in [9.17, 15) is 4.79 Å². The molecule has 0 saturated heterocycles. The molecule has 2 aliphatic rings. The highest BCUT2D eigenvalue weighted by atomic mass is 16.1. The third-order valence-corrected chi connectivity index (χ3v) is 4.20. The SMILES string of the molecule is CC(C)(C)CC(=O)Nc1nc2c(n1C1CCC1)=CCCC=2. The van der Waals surface area contributed by atoms with Crippen molar-refractivity contribution >= 4 is 24.0 Å². The van der Waals surface area contributed by atoms with E-state index in [4.69, 9.17) is 0 Å². The number of nitrogens with one attached hydrogen (secondary N) is 1. The molecule has 1 saturated carbocycles. The first kappa shape index (κ1) is 14.4. The number of carbonyl (C=O) groups excluding carboxylic acids is 1. The lowest BCUT2D eigenvalue weighted by atomic mass is 9.92. The predicted molar refractivity (Wildman–Crippen MR) is 85.2 cm³/mol. The van der Waals surface area contributed by atoms with Crippen molar-refractivity contribution in [2.24, 2.45) is 5.41 Å². The van der Waals surface area contributed by atoms with Crippen molar-refractivity contribution in [3.05, 3.63) is 10.7 Å². The van der Waals surface area contributed by atoms with Gasteiger partial charge in [0.2, 0.25) is 11.9 Å². The molecular formula is C17H25N3O. The van der Waals surface area contributed by atoms with Crippen LogP contribution >= 0.6 is 0 Å². The Bertz CT molecular complexity index is 659. The Morgan fingerprint density at radius 2 is 2.05 bits per heavy atom. The van der Waals surface area contributed by atoms with Gasteiger partial charge < -0.3 is 4.57 Å². The lowest BCUT2D eigenvalue weighted by Gasteiger charge is -2.29. The standard InChI is InChI=1S/C17H25N3O/c1-17(2,3)11-15(21)19-16-18-13-9-4-5-10-14(13)20(16)12-7-6-8-12/h9-10,12H,4-8,11H2,1-3H3,(H,18,19,21). The van der Waals surface area contributed by atoms with Crippen LogP contribution in [-0.4, -0.2) is 15.5 Å². The molecule has 3 rings (SSSR count). The molecule has 0 radical (unpaired) electrons. The normalized spacial score (nSPS) is 18.2. The van der Waals surface area contributed by atoms with Gasteiger partial charge in [0.05, 0.1) is 10.7 Å². The Morgan fingerprint density at radius 1 is 1.33 bits per heavy atom. The van der Waals surface area contributed by atoms with Gasteiger partial charge in [0.1, 0.15) is 0 Å². The van der Waals surface area contributed by atoms with Crippen molar-refractivity contribution in [3.8, 4) is 0 Å². The number of imidazole rings is 1. The van der Waals surface area contributed by atoms with Crippen LogP contribution < -0.4 is 16.0 Å². The number of aromatic nitrogens is 2. The summed E-state index contributed by atoms with van der Waals surface area (Å²) in [6.07, 6.45) is 10.7. The van der Waals surface area contributed by atoms with E-state index in [1.165, 1.54) is 24.6 Å². The molecule has 1 aromatic heterocycles. The largest absolute Gasteiger partial charge is 0.307 e. The molecule has 1 fully saturated rings. The van der Waals surface area contributed by atoms with Crippen LogP contribution in [0.15, 0.2) is 0 Å². The maximum Gasteiger partial charge on any atom is 0.227 e. The van der Waals surface area contributed by atoms with Crippen LogP contribution in [0.4, 0.5) is 5.95 Å². The molecule has 4 heteroatoms. The van der Waals surface area contributed by atoms with Gasteiger partial charge in [0.15, 0.2) is 0 Å². The van der Waals surface area contributed by atoms with E-state index >= 15 is 0 Å². The maximum absolute atomic E-state index is 12.2. The molecule has 114 valence electrons. The van der Waals surface area contributed by atoms with Gasteiger partial charge in [-0.3, -0.25) is 10.1 Å². The van der Waals surface area contributed by atoms with Gasteiger partial charge in [-0.15, -0.1) is 0 Å². The van der Waals surface area contributed by atoms with Crippen molar-refractivity contribution < 1.29 is 4.79 Å². The average Bonchev–Trinajstić information content (AvgIpc) is 2.63. The second kappa shape index (κ2) is 5.32. The van der Waals surface area contributed by atoms with E-state index in [1.807, 2.05) is 0 Å². The molecule has 1 amide bonds. The van der Waals surface area contributed by atoms with Gasteiger partial charge in [-0.05, 0) is 37.5 Å². The number of anilines is 1. The average molecular weight is 287 g/mol. The van der Waals surface area contributed by atoms with Crippen LogP contribution in [0.3, 0.4) is 0 Å². The number of carbonyl (C=O) groups is 1. The minimum absolute atomic E-state index is 0.00412. The van der Waals surface area contributed by atoms with E-state index in [0.717, 1.165) is 24.1 Å². The van der Waals surface area contributed by atoms with Crippen molar-refractivity contribution in [2.75, 3.05) is 5.32 Å². The zero-order valence-electron chi connectivity index (χ0n) is 13.3. The van der Waals surface area contributed by atoms with Gasteiger partial charge in [0.25, 0.3) is 0 Å². The van der Waals surface area contributed by atoms with Crippen LogP contribution in [0, 0.1) is 5.41 Å². The lowest BCUT2D eigenvalue weighted by molar-refractivity contribution is -0.117. The van der Waals surface area contributed by atoms with Crippen LogP contribution in [0.1, 0.15) is 65.3 Å². The second-order valence-electron chi connectivity index (χ2n) is 7.43. The molecule has 0 aliphatic heterocycles. The Morgan fingerprint density at radius 3 is 2.67 bits per heavy atom. The fourth-order valence-corrected chi connectivity index (χ4v) is 3.01. The second-order valence-corrected chi connectivity index (χ2v) is 7.43. The van der Waals surface area contributed by atoms with E-state index < -0.39 is 0 Å². The summed E-state index contributed by atoms with van der Waals surface area (Å²) in [7, 11) is 0. The summed E-state index contributed by atoms with van der Waals surface area (Å²) in [5.74, 6) is 0.804. The number of hydrogen-bond acceptors (Lipinski definition) is 2. The fourth-order valence-electron chi connectivity index (χ4n) is 3.01. The summed E-state index contributed by atoms with van der Waals surface area (Å²) in [4.78, 5) is 16.9. The van der Waals surface area contributed by atoms with E-state index in [-0.39, 0.29) is 11.3 Å². The van der Waals surface area contributed by atoms with E-state index in [2.05, 4.69) is 47.8 Å². The molecule has 0 bridgehead atoms. The number of amides is 1. The smallest absolute Gasteiger partial charge is 0.227 e. The molecule has 0 aromatic carbocycles. The van der Waals surface area contributed by atoms with Crippen molar-refractivity contribution in [3.63, 3.8) is 0 Å². The van der Waals surface area contributed by atoms with Crippen LogP contribution in [0.25, 0.3) is 12.2 Å².